The topological polar surface area (TPSA) is 73.3 Å². The van der Waals surface area contributed by atoms with Crippen LogP contribution in [0.1, 0.15) is 11.4 Å². The SMILES string of the molecule is Cc1cc(C)nc(Nc2ccc(OC(=O)COc3ccc(Cl)cc3)cc2)n1. The first-order valence-electron chi connectivity index (χ1n) is 8.26. The van der Waals surface area contributed by atoms with Crippen LogP contribution in [0.4, 0.5) is 11.6 Å². The Morgan fingerprint density at radius 1 is 0.963 bits per heavy atom. The molecule has 0 aliphatic heterocycles. The van der Waals surface area contributed by atoms with Crippen LogP contribution in [0, 0.1) is 13.8 Å². The highest BCUT2D eigenvalue weighted by Gasteiger charge is 2.07. The van der Waals surface area contributed by atoms with Crippen molar-refractivity contribution < 1.29 is 14.3 Å². The standard InChI is InChI=1S/C20H18ClN3O3/c1-13-11-14(2)23-20(22-13)24-16-5-9-18(10-6-16)27-19(25)12-26-17-7-3-15(21)4-8-17/h3-11H,12H2,1-2H3,(H,22,23,24). The largest absolute Gasteiger partial charge is 0.482 e. The maximum Gasteiger partial charge on any atom is 0.349 e. The fraction of sp³-hybridized carbons (Fsp3) is 0.150. The summed E-state index contributed by atoms with van der Waals surface area (Å²) in [6, 6.07) is 15.6. The van der Waals surface area contributed by atoms with E-state index in [2.05, 4.69) is 15.3 Å². The number of carbonyl (C=O) groups is 1. The average Bonchev–Trinajstić information content (AvgIpc) is 2.62. The molecule has 27 heavy (non-hydrogen) atoms. The highest BCUT2D eigenvalue weighted by atomic mass is 35.5. The summed E-state index contributed by atoms with van der Waals surface area (Å²) in [6.45, 7) is 3.63. The molecule has 6 nitrogen and oxygen atoms in total. The van der Waals surface area contributed by atoms with Crippen molar-refractivity contribution in [1.82, 2.24) is 9.97 Å². The lowest BCUT2D eigenvalue weighted by Gasteiger charge is -2.09. The van der Waals surface area contributed by atoms with Gasteiger partial charge in [0.1, 0.15) is 11.5 Å². The minimum absolute atomic E-state index is 0.196. The van der Waals surface area contributed by atoms with E-state index in [1.807, 2.05) is 19.9 Å². The van der Waals surface area contributed by atoms with Crippen molar-refractivity contribution >= 4 is 29.2 Å². The Hall–Kier alpha value is -3.12. The molecule has 0 saturated carbocycles. The summed E-state index contributed by atoms with van der Waals surface area (Å²) in [5, 5.41) is 3.72. The lowest BCUT2D eigenvalue weighted by Crippen LogP contribution is -2.17. The van der Waals surface area contributed by atoms with Crippen LogP contribution in [0.3, 0.4) is 0 Å². The smallest absolute Gasteiger partial charge is 0.349 e. The van der Waals surface area contributed by atoms with Crippen molar-refractivity contribution in [3.8, 4) is 11.5 Å². The Kier molecular flexibility index (Phi) is 5.88. The summed E-state index contributed by atoms with van der Waals surface area (Å²) in [6.07, 6.45) is 0. The molecule has 0 radical (unpaired) electrons. The third-order valence-corrected chi connectivity index (χ3v) is 3.75. The fourth-order valence-electron chi connectivity index (χ4n) is 2.35. The zero-order valence-corrected chi connectivity index (χ0v) is 15.7. The van der Waals surface area contributed by atoms with Crippen molar-refractivity contribution in [2.24, 2.45) is 0 Å². The molecule has 0 saturated heterocycles. The second-order valence-corrected chi connectivity index (χ2v) is 6.28. The number of hydrogen-bond acceptors (Lipinski definition) is 6. The first-order valence-corrected chi connectivity index (χ1v) is 8.64. The quantitative estimate of drug-likeness (QED) is 0.500. The molecule has 2 aromatic carbocycles. The van der Waals surface area contributed by atoms with Crippen LogP contribution in [0.25, 0.3) is 0 Å². The number of esters is 1. The molecule has 3 aromatic rings. The Labute approximate surface area is 162 Å². The van der Waals surface area contributed by atoms with Crippen LogP contribution in [0.5, 0.6) is 11.5 Å². The molecule has 0 unspecified atom stereocenters. The zero-order valence-electron chi connectivity index (χ0n) is 14.9. The minimum Gasteiger partial charge on any atom is -0.482 e. The molecular formula is C20H18ClN3O3. The van der Waals surface area contributed by atoms with E-state index in [4.69, 9.17) is 21.1 Å². The lowest BCUT2D eigenvalue weighted by atomic mass is 10.3. The normalized spacial score (nSPS) is 10.3. The van der Waals surface area contributed by atoms with Gasteiger partial charge in [0.25, 0.3) is 0 Å². The summed E-state index contributed by atoms with van der Waals surface area (Å²) in [5.41, 5.74) is 2.56. The van der Waals surface area contributed by atoms with Crippen molar-refractivity contribution in [1.29, 1.82) is 0 Å². The van der Waals surface area contributed by atoms with Gasteiger partial charge < -0.3 is 14.8 Å². The molecule has 0 amide bonds. The minimum atomic E-state index is -0.497. The highest BCUT2D eigenvalue weighted by Crippen LogP contribution is 2.19. The van der Waals surface area contributed by atoms with Gasteiger partial charge >= 0.3 is 5.97 Å². The van der Waals surface area contributed by atoms with E-state index in [0.29, 0.717) is 22.5 Å². The number of aromatic nitrogens is 2. The number of anilines is 2. The Bertz CT molecular complexity index is 908. The van der Waals surface area contributed by atoms with Crippen molar-refractivity contribution in [3.63, 3.8) is 0 Å². The van der Waals surface area contributed by atoms with Crippen LogP contribution in [0.15, 0.2) is 54.6 Å². The number of nitrogens with zero attached hydrogens (tertiary/aromatic N) is 2. The molecule has 1 heterocycles. The maximum absolute atomic E-state index is 11.9. The highest BCUT2D eigenvalue weighted by molar-refractivity contribution is 6.30. The van der Waals surface area contributed by atoms with Gasteiger partial charge in [0, 0.05) is 22.1 Å². The molecule has 0 bridgehead atoms. The van der Waals surface area contributed by atoms with E-state index in [9.17, 15) is 4.79 Å². The molecule has 138 valence electrons. The molecule has 0 aliphatic carbocycles. The molecule has 0 fully saturated rings. The first kappa shape index (κ1) is 18.7. The van der Waals surface area contributed by atoms with Crippen molar-refractivity contribution in [2.75, 3.05) is 11.9 Å². The lowest BCUT2D eigenvalue weighted by molar-refractivity contribution is -0.136. The van der Waals surface area contributed by atoms with Gasteiger partial charge in [-0.3, -0.25) is 0 Å². The zero-order chi connectivity index (χ0) is 19.2. The third kappa shape index (κ3) is 5.69. The number of aryl methyl sites for hydroxylation is 2. The average molecular weight is 384 g/mol. The van der Waals surface area contributed by atoms with Crippen molar-refractivity contribution in [2.45, 2.75) is 13.8 Å². The molecule has 0 spiro atoms. The maximum atomic E-state index is 11.9. The van der Waals surface area contributed by atoms with Gasteiger partial charge in [0.15, 0.2) is 6.61 Å². The monoisotopic (exact) mass is 383 g/mol. The molecule has 1 N–H and O–H groups in total. The number of benzene rings is 2. The van der Waals surface area contributed by atoms with Gasteiger partial charge in [0.05, 0.1) is 0 Å². The Balaban J connectivity index is 1.53. The summed E-state index contributed by atoms with van der Waals surface area (Å²) < 4.78 is 10.6. The predicted molar refractivity (Wildman–Crippen MR) is 104 cm³/mol. The van der Waals surface area contributed by atoms with Gasteiger partial charge in [0.2, 0.25) is 5.95 Å². The van der Waals surface area contributed by atoms with E-state index in [1.165, 1.54) is 0 Å². The van der Waals surface area contributed by atoms with Gasteiger partial charge in [-0.2, -0.15) is 0 Å². The number of nitrogens with one attached hydrogen (secondary N) is 1. The van der Waals surface area contributed by atoms with Crippen LogP contribution in [-0.4, -0.2) is 22.5 Å². The van der Waals surface area contributed by atoms with E-state index in [-0.39, 0.29) is 6.61 Å². The molecule has 7 heteroatoms. The summed E-state index contributed by atoms with van der Waals surface area (Å²) in [4.78, 5) is 20.5. The summed E-state index contributed by atoms with van der Waals surface area (Å²) in [7, 11) is 0. The predicted octanol–water partition coefficient (Wildman–Crippen LogP) is 4.47. The molecule has 1 aromatic heterocycles. The first-order chi connectivity index (χ1) is 13.0. The van der Waals surface area contributed by atoms with Crippen LogP contribution >= 0.6 is 11.6 Å². The molecule has 0 atom stereocenters. The number of carbonyl (C=O) groups excluding carboxylic acids is 1. The number of ether oxygens (including phenoxy) is 2. The second-order valence-electron chi connectivity index (χ2n) is 5.84. The number of hydrogen-bond donors (Lipinski definition) is 1. The van der Waals surface area contributed by atoms with E-state index >= 15 is 0 Å². The van der Waals surface area contributed by atoms with Crippen molar-refractivity contribution in [3.05, 3.63) is 71.0 Å². The Morgan fingerprint density at radius 2 is 1.56 bits per heavy atom. The molecular weight excluding hydrogens is 366 g/mol. The summed E-state index contributed by atoms with van der Waals surface area (Å²) >= 11 is 5.80. The van der Waals surface area contributed by atoms with Gasteiger partial charge in [-0.1, -0.05) is 11.6 Å². The van der Waals surface area contributed by atoms with Crippen LogP contribution < -0.4 is 14.8 Å². The number of halogens is 1. The van der Waals surface area contributed by atoms with Gasteiger partial charge in [-0.25, -0.2) is 14.8 Å². The number of rotatable bonds is 6. The van der Waals surface area contributed by atoms with Gasteiger partial charge in [-0.05, 0) is 68.4 Å². The van der Waals surface area contributed by atoms with Gasteiger partial charge in [-0.15, -0.1) is 0 Å². The fourth-order valence-corrected chi connectivity index (χ4v) is 2.48. The second kappa shape index (κ2) is 8.51. The van der Waals surface area contributed by atoms with Crippen LogP contribution in [-0.2, 0) is 4.79 Å². The summed E-state index contributed by atoms with van der Waals surface area (Å²) in [5.74, 6) is 0.993. The van der Waals surface area contributed by atoms with E-state index in [1.54, 1.807) is 48.5 Å². The Morgan fingerprint density at radius 3 is 2.19 bits per heavy atom. The van der Waals surface area contributed by atoms with Crippen LogP contribution in [0.2, 0.25) is 5.02 Å². The third-order valence-electron chi connectivity index (χ3n) is 3.49. The van der Waals surface area contributed by atoms with E-state index < -0.39 is 5.97 Å². The van der Waals surface area contributed by atoms with E-state index in [0.717, 1.165) is 17.1 Å². The molecule has 3 rings (SSSR count). The molecule has 0 aliphatic rings.